The second kappa shape index (κ2) is 9.04. The standard InChI is InChI=1S/C24H27N3O2S/c1-17-9-11-19(12-10-17)15-27-23(29)20-7-3-4-8-21(20)25-24(27)30-16-22(28)26-13-5-6-18(2)14-26/h3-4,7-12,18H,5-6,13-16H2,1-2H3/t18-/m0/s1. The van der Waals surface area contributed by atoms with Gasteiger partial charge in [-0.05, 0) is 43.4 Å². The fraction of sp³-hybridized carbons (Fsp3) is 0.375. The summed E-state index contributed by atoms with van der Waals surface area (Å²) in [6, 6.07) is 15.6. The Morgan fingerprint density at radius 3 is 2.70 bits per heavy atom. The minimum absolute atomic E-state index is 0.0669. The van der Waals surface area contributed by atoms with Crippen LogP contribution in [-0.2, 0) is 11.3 Å². The Balaban J connectivity index is 1.62. The summed E-state index contributed by atoms with van der Waals surface area (Å²) >= 11 is 1.36. The van der Waals surface area contributed by atoms with E-state index in [1.54, 1.807) is 4.57 Å². The quantitative estimate of drug-likeness (QED) is 0.460. The lowest BCUT2D eigenvalue weighted by Crippen LogP contribution is -2.40. The van der Waals surface area contributed by atoms with Crippen LogP contribution in [-0.4, -0.2) is 39.2 Å². The zero-order chi connectivity index (χ0) is 21.1. The molecule has 1 aromatic heterocycles. The number of hydrogen-bond acceptors (Lipinski definition) is 4. The highest BCUT2D eigenvalue weighted by molar-refractivity contribution is 7.99. The molecule has 5 nitrogen and oxygen atoms in total. The SMILES string of the molecule is Cc1ccc(Cn2c(SCC(=O)N3CCC[C@H](C)C3)nc3ccccc3c2=O)cc1. The van der Waals surface area contributed by atoms with Crippen molar-refractivity contribution in [2.45, 2.75) is 38.4 Å². The number of piperidine rings is 1. The Bertz CT molecular complexity index is 1110. The van der Waals surface area contributed by atoms with Crippen LogP contribution in [0.5, 0.6) is 0 Å². The van der Waals surface area contributed by atoms with Crippen LogP contribution in [0.3, 0.4) is 0 Å². The number of fused-ring (bicyclic) bond motifs is 1. The largest absolute Gasteiger partial charge is 0.342 e. The highest BCUT2D eigenvalue weighted by Crippen LogP contribution is 2.22. The van der Waals surface area contributed by atoms with Crippen LogP contribution in [0.1, 0.15) is 30.9 Å². The lowest BCUT2D eigenvalue weighted by Gasteiger charge is -2.30. The first-order valence-corrected chi connectivity index (χ1v) is 11.5. The summed E-state index contributed by atoms with van der Waals surface area (Å²) in [5.41, 5.74) is 2.82. The highest BCUT2D eigenvalue weighted by atomic mass is 32.2. The number of likely N-dealkylation sites (tertiary alicyclic amines) is 1. The fourth-order valence-electron chi connectivity index (χ4n) is 3.91. The van der Waals surface area contributed by atoms with Crippen molar-refractivity contribution in [1.29, 1.82) is 0 Å². The lowest BCUT2D eigenvalue weighted by atomic mass is 10.0. The van der Waals surface area contributed by atoms with E-state index in [1.807, 2.05) is 60.4 Å². The van der Waals surface area contributed by atoms with Crippen LogP contribution in [0.2, 0.25) is 0 Å². The summed E-state index contributed by atoms with van der Waals surface area (Å²) in [6.45, 7) is 6.32. The molecule has 30 heavy (non-hydrogen) atoms. The van der Waals surface area contributed by atoms with Crippen molar-refractivity contribution in [2.75, 3.05) is 18.8 Å². The molecule has 1 atom stereocenters. The van der Waals surface area contributed by atoms with Crippen molar-refractivity contribution in [3.63, 3.8) is 0 Å². The molecule has 1 fully saturated rings. The van der Waals surface area contributed by atoms with Gasteiger partial charge in [-0.2, -0.15) is 0 Å². The van der Waals surface area contributed by atoms with E-state index in [2.05, 4.69) is 6.92 Å². The molecule has 0 bridgehead atoms. The average Bonchev–Trinajstić information content (AvgIpc) is 2.75. The van der Waals surface area contributed by atoms with Crippen LogP contribution >= 0.6 is 11.8 Å². The summed E-state index contributed by atoms with van der Waals surface area (Å²) in [5, 5.41) is 1.20. The summed E-state index contributed by atoms with van der Waals surface area (Å²) in [4.78, 5) is 32.7. The number of para-hydroxylation sites is 1. The van der Waals surface area contributed by atoms with Crippen molar-refractivity contribution in [1.82, 2.24) is 14.5 Å². The van der Waals surface area contributed by atoms with E-state index >= 15 is 0 Å². The third-order valence-electron chi connectivity index (χ3n) is 5.62. The van der Waals surface area contributed by atoms with Gasteiger partial charge in [-0.3, -0.25) is 14.2 Å². The molecule has 2 aromatic carbocycles. The van der Waals surface area contributed by atoms with Crippen molar-refractivity contribution >= 4 is 28.6 Å². The number of carbonyl (C=O) groups is 1. The van der Waals surface area contributed by atoms with Gasteiger partial charge in [0.25, 0.3) is 5.56 Å². The number of amides is 1. The van der Waals surface area contributed by atoms with Gasteiger partial charge in [0.15, 0.2) is 5.16 Å². The number of rotatable bonds is 5. The van der Waals surface area contributed by atoms with E-state index in [4.69, 9.17) is 4.98 Å². The number of aromatic nitrogens is 2. The number of benzene rings is 2. The summed E-state index contributed by atoms with van der Waals surface area (Å²) in [7, 11) is 0. The summed E-state index contributed by atoms with van der Waals surface area (Å²) in [6.07, 6.45) is 2.24. The molecule has 0 spiro atoms. The van der Waals surface area contributed by atoms with Crippen molar-refractivity contribution in [3.05, 3.63) is 70.0 Å². The van der Waals surface area contributed by atoms with Crippen LogP contribution in [0.25, 0.3) is 10.9 Å². The van der Waals surface area contributed by atoms with Crippen LogP contribution in [0.4, 0.5) is 0 Å². The highest BCUT2D eigenvalue weighted by Gasteiger charge is 2.22. The molecule has 0 N–H and O–H groups in total. The molecule has 1 aliphatic heterocycles. The predicted octanol–water partition coefficient (Wildman–Crippen LogP) is 4.10. The first-order chi connectivity index (χ1) is 14.5. The zero-order valence-electron chi connectivity index (χ0n) is 17.5. The monoisotopic (exact) mass is 421 g/mol. The zero-order valence-corrected chi connectivity index (χ0v) is 18.3. The minimum atomic E-state index is -0.0669. The molecule has 0 radical (unpaired) electrons. The Morgan fingerprint density at radius 1 is 1.17 bits per heavy atom. The Hall–Kier alpha value is -2.60. The molecule has 2 heterocycles. The van der Waals surface area contributed by atoms with E-state index in [0.29, 0.717) is 34.3 Å². The molecule has 1 aliphatic rings. The van der Waals surface area contributed by atoms with E-state index in [0.717, 1.165) is 25.1 Å². The Kier molecular flexibility index (Phi) is 6.23. The third kappa shape index (κ3) is 4.59. The number of aryl methyl sites for hydroxylation is 1. The first kappa shape index (κ1) is 20.7. The maximum atomic E-state index is 13.2. The summed E-state index contributed by atoms with van der Waals surface area (Å²) < 4.78 is 1.70. The van der Waals surface area contributed by atoms with Crippen LogP contribution in [0.15, 0.2) is 58.5 Å². The van der Waals surface area contributed by atoms with Gasteiger partial charge < -0.3 is 4.90 Å². The van der Waals surface area contributed by atoms with Crippen molar-refractivity contribution in [3.8, 4) is 0 Å². The molecule has 4 rings (SSSR count). The number of thioether (sulfide) groups is 1. The normalized spacial score (nSPS) is 16.7. The van der Waals surface area contributed by atoms with Gasteiger partial charge in [0.1, 0.15) is 0 Å². The maximum absolute atomic E-state index is 13.2. The molecular formula is C24H27N3O2S. The maximum Gasteiger partial charge on any atom is 0.262 e. The van der Waals surface area contributed by atoms with E-state index < -0.39 is 0 Å². The van der Waals surface area contributed by atoms with Gasteiger partial charge in [0.05, 0.1) is 23.2 Å². The van der Waals surface area contributed by atoms with Gasteiger partial charge in [0.2, 0.25) is 5.91 Å². The van der Waals surface area contributed by atoms with E-state index in [-0.39, 0.29) is 11.5 Å². The molecule has 6 heteroatoms. The minimum Gasteiger partial charge on any atom is -0.342 e. The van der Waals surface area contributed by atoms with Gasteiger partial charge >= 0.3 is 0 Å². The topological polar surface area (TPSA) is 55.2 Å². The van der Waals surface area contributed by atoms with Gasteiger partial charge in [0, 0.05) is 13.1 Å². The smallest absolute Gasteiger partial charge is 0.262 e. The Labute approximate surface area is 181 Å². The molecule has 156 valence electrons. The van der Waals surface area contributed by atoms with Gasteiger partial charge in [-0.25, -0.2) is 4.98 Å². The molecule has 1 saturated heterocycles. The van der Waals surface area contributed by atoms with Crippen molar-refractivity contribution < 1.29 is 4.79 Å². The van der Waals surface area contributed by atoms with E-state index in [1.165, 1.54) is 23.7 Å². The van der Waals surface area contributed by atoms with Crippen LogP contribution < -0.4 is 5.56 Å². The molecular weight excluding hydrogens is 394 g/mol. The fourth-order valence-corrected chi connectivity index (χ4v) is 4.81. The molecule has 1 amide bonds. The summed E-state index contributed by atoms with van der Waals surface area (Å²) in [5.74, 6) is 0.966. The lowest BCUT2D eigenvalue weighted by molar-refractivity contribution is -0.130. The first-order valence-electron chi connectivity index (χ1n) is 10.5. The second-order valence-corrected chi connectivity index (χ2v) is 9.11. The third-order valence-corrected chi connectivity index (χ3v) is 6.58. The predicted molar refractivity (Wildman–Crippen MR) is 122 cm³/mol. The number of carbonyl (C=O) groups excluding carboxylic acids is 1. The molecule has 0 saturated carbocycles. The molecule has 0 unspecified atom stereocenters. The average molecular weight is 422 g/mol. The van der Waals surface area contributed by atoms with Gasteiger partial charge in [-0.1, -0.05) is 60.6 Å². The van der Waals surface area contributed by atoms with Crippen molar-refractivity contribution in [2.24, 2.45) is 5.92 Å². The van der Waals surface area contributed by atoms with Crippen LogP contribution in [0, 0.1) is 12.8 Å². The second-order valence-electron chi connectivity index (χ2n) is 8.16. The van der Waals surface area contributed by atoms with Gasteiger partial charge in [-0.15, -0.1) is 0 Å². The number of nitrogens with zero attached hydrogens (tertiary/aromatic N) is 3. The molecule has 0 aliphatic carbocycles. The van der Waals surface area contributed by atoms with E-state index in [9.17, 15) is 9.59 Å². The molecule has 3 aromatic rings. The Morgan fingerprint density at radius 2 is 1.93 bits per heavy atom. The number of hydrogen-bond donors (Lipinski definition) is 0.